The molecule has 0 bridgehead atoms. The molecule has 0 aliphatic rings. The van der Waals surface area contributed by atoms with Gasteiger partial charge in [0.15, 0.2) is 0 Å². The fraction of sp³-hybridized carbons (Fsp3) is 0.571. The minimum atomic E-state index is 0.561. The van der Waals surface area contributed by atoms with E-state index in [1.54, 1.807) is 0 Å². The van der Waals surface area contributed by atoms with Gasteiger partial charge in [0.2, 0.25) is 0 Å². The fourth-order valence-electron chi connectivity index (χ4n) is 1.75. The standard InChI is InChI=1S/C14H24N2/c1-12(2)16(10-13(3)9-15)11-14-7-5-4-6-8-14/h4-8,12-13H,9-11,15H2,1-3H3. The first-order valence-corrected chi connectivity index (χ1v) is 6.11. The molecule has 0 aromatic heterocycles. The lowest BCUT2D eigenvalue weighted by Crippen LogP contribution is -2.36. The van der Waals surface area contributed by atoms with Crippen LogP contribution >= 0.6 is 0 Å². The Morgan fingerprint density at radius 1 is 1.12 bits per heavy atom. The Morgan fingerprint density at radius 3 is 2.25 bits per heavy atom. The third-order valence-electron chi connectivity index (χ3n) is 2.91. The van der Waals surface area contributed by atoms with Gasteiger partial charge < -0.3 is 5.73 Å². The molecule has 2 nitrogen and oxygen atoms in total. The van der Waals surface area contributed by atoms with Crippen LogP contribution in [-0.4, -0.2) is 24.0 Å². The van der Waals surface area contributed by atoms with Gasteiger partial charge in [-0.3, -0.25) is 4.90 Å². The maximum Gasteiger partial charge on any atom is 0.0236 e. The zero-order chi connectivity index (χ0) is 12.0. The molecule has 0 amide bonds. The number of hydrogen-bond donors (Lipinski definition) is 1. The second kappa shape index (κ2) is 6.66. The zero-order valence-electron chi connectivity index (χ0n) is 10.7. The molecule has 2 N–H and O–H groups in total. The number of nitrogens with two attached hydrogens (primary N) is 1. The highest BCUT2D eigenvalue weighted by Gasteiger charge is 2.12. The Hall–Kier alpha value is -0.860. The van der Waals surface area contributed by atoms with E-state index in [0.717, 1.165) is 19.6 Å². The predicted molar refractivity (Wildman–Crippen MR) is 70.2 cm³/mol. The Morgan fingerprint density at radius 2 is 1.75 bits per heavy atom. The van der Waals surface area contributed by atoms with Crippen molar-refractivity contribution in [1.29, 1.82) is 0 Å². The van der Waals surface area contributed by atoms with Crippen LogP contribution in [0.25, 0.3) is 0 Å². The van der Waals surface area contributed by atoms with Crippen LogP contribution in [0.4, 0.5) is 0 Å². The molecule has 1 rings (SSSR count). The van der Waals surface area contributed by atoms with Crippen LogP contribution in [0.1, 0.15) is 26.3 Å². The molecule has 90 valence electrons. The van der Waals surface area contributed by atoms with Crippen molar-refractivity contribution in [3.05, 3.63) is 35.9 Å². The molecule has 0 spiro atoms. The second-order valence-electron chi connectivity index (χ2n) is 4.85. The van der Waals surface area contributed by atoms with E-state index in [4.69, 9.17) is 5.73 Å². The van der Waals surface area contributed by atoms with Crippen molar-refractivity contribution < 1.29 is 0 Å². The molecule has 0 saturated heterocycles. The van der Waals surface area contributed by atoms with Crippen LogP contribution in [0.5, 0.6) is 0 Å². The fourth-order valence-corrected chi connectivity index (χ4v) is 1.75. The summed E-state index contributed by atoms with van der Waals surface area (Å²) in [5.41, 5.74) is 7.06. The lowest BCUT2D eigenvalue weighted by Gasteiger charge is -2.29. The summed E-state index contributed by atoms with van der Waals surface area (Å²) in [7, 11) is 0. The van der Waals surface area contributed by atoms with Gasteiger partial charge in [-0.25, -0.2) is 0 Å². The highest BCUT2D eigenvalue weighted by atomic mass is 15.1. The monoisotopic (exact) mass is 220 g/mol. The van der Waals surface area contributed by atoms with Crippen molar-refractivity contribution >= 4 is 0 Å². The SMILES string of the molecule is CC(CN)CN(Cc1ccccc1)C(C)C. The van der Waals surface area contributed by atoms with Crippen LogP contribution in [0, 0.1) is 5.92 Å². The van der Waals surface area contributed by atoms with E-state index in [2.05, 4.69) is 56.0 Å². The van der Waals surface area contributed by atoms with Crippen LogP contribution in [0.3, 0.4) is 0 Å². The van der Waals surface area contributed by atoms with Gasteiger partial charge in [0.05, 0.1) is 0 Å². The molecule has 1 atom stereocenters. The zero-order valence-corrected chi connectivity index (χ0v) is 10.7. The lowest BCUT2D eigenvalue weighted by atomic mass is 10.1. The van der Waals surface area contributed by atoms with E-state index in [1.807, 2.05) is 0 Å². The summed E-state index contributed by atoms with van der Waals surface area (Å²) in [5, 5.41) is 0. The summed E-state index contributed by atoms with van der Waals surface area (Å²) in [6.45, 7) is 9.54. The van der Waals surface area contributed by atoms with Crippen molar-refractivity contribution in [2.45, 2.75) is 33.4 Å². The van der Waals surface area contributed by atoms with Gasteiger partial charge in [0.25, 0.3) is 0 Å². The summed E-state index contributed by atoms with van der Waals surface area (Å²) < 4.78 is 0. The van der Waals surface area contributed by atoms with Gasteiger partial charge in [-0.15, -0.1) is 0 Å². The highest BCUT2D eigenvalue weighted by molar-refractivity contribution is 5.14. The average molecular weight is 220 g/mol. The number of benzene rings is 1. The summed E-state index contributed by atoms with van der Waals surface area (Å²) in [5.74, 6) is 0.561. The molecular formula is C14H24N2. The van der Waals surface area contributed by atoms with Crippen molar-refractivity contribution in [2.24, 2.45) is 11.7 Å². The van der Waals surface area contributed by atoms with E-state index in [0.29, 0.717) is 12.0 Å². The third-order valence-corrected chi connectivity index (χ3v) is 2.91. The molecule has 0 aliphatic heterocycles. The van der Waals surface area contributed by atoms with E-state index >= 15 is 0 Å². The van der Waals surface area contributed by atoms with E-state index in [1.165, 1.54) is 5.56 Å². The highest BCUT2D eigenvalue weighted by Crippen LogP contribution is 2.10. The maximum atomic E-state index is 5.69. The minimum Gasteiger partial charge on any atom is -0.330 e. The first-order chi connectivity index (χ1) is 7.63. The van der Waals surface area contributed by atoms with Crippen molar-refractivity contribution in [2.75, 3.05) is 13.1 Å². The molecule has 0 heterocycles. The second-order valence-corrected chi connectivity index (χ2v) is 4.85. The van der Waals surface area contributed by atoms with Crippen LogP contribution in [0.2, 0.25) is 0 Å². The first kappa shape index (κ1) is 13.2. The van der Waals surface area contributed by atoms with E-state index in [-0.39, 0.29) is 0 Å². The number of hydrogen-bond acceptors (Lipinski definition) is 2. The number of rotatable bonds is 6. The Bertz CT molecular complexity index is 282. The maximum absolute atomic E-state index is 5.69. The minimum absolute atomic E-state index is 0.561. The summed E-state index contributed by atoms with van der Waals surface area (Å²) in [6, 6.07) is 11.2. The first-order valence-electron chi connectivity index (χ1n) is 6.11. The quantitative estimate of drug-likeness (QED) is 0.798. The van der Waals surface area contributed by atoms with Crippen molar-refractivity contribution in [3.8, 4) is 0 Å². The smallest absolute Gasteiger partial charge is 0.0236 e. The summed E-state index contributed by atoms with van der Waals surface area (Å²) in [6.07, 6.45) is 0. The molecule has 0 fully saturated rings. The van der Waals surface area contributed by atoms with Gasteiger partial charge in [-0.1, -0.05) is 37.3 Å². The normalized spacial score (nSPS) is 13.4. The van der Waals surface area contributed by atoms with Crippen LogP contribution in [0.15, 0.2) is 30.3 Å². The Labute approximate surface area is 99.5 Å². The van der Waals surface area contributed by atoms with Crippen molar-refractivity contribution in [3.63, 3.8) is 0 Å². The van der Waals surface area contributed by atoms with E-state index in [9.17, 15) is 0 Å². The van der Waals surface area contributed by atoms with Gasteiger partial charge in [-0.2, -0.15) is 0 Å². The number of nitrogens with zero attached hydrogens (tertiary/aromatic N) is 1. The molecule has 0 aliphatic carbocycles. The van der Waals surface area contributed by atoms with Crippen LogP contribution in [-0.2, 0) is 6.54 Å². The molecule has 0 radical (unpaired) electrons. The summed E-state index contributed by atoms with van der Waals surface area (Å²) in [4.78, 5) is 2.48. The molecule has 2 heteroatoms. The van der Waals surface area contributed by atoms with Crippen LogP contribution < -0.4 is 5.73 Å². The molecule has 1 unspecified atom stereocenters. The van der Waals surface area contributed by atoms with Gasteiger partial charge in [0.1, 0.15) is 0 Å². The Kier molecular flexibility index (Phi) is 5.50. The van der Waals surface area contributed by atoms with Gasteiger partial charge in [-0.05, 0) is 31.9 Å². The van der Waals surface area contributed by atoms with Gasteiger partial charge in [0, 0.05) is 19.1 Å². The Balaban J connectivity index is 2.58. The largest absolute Gasteiger partial charge is 0.330 e. The van der Waals surface area contributed by atoms with E-state index < -0.39 is 0 Å². The average Bonchev–Trinajstić information content (AvgIpc) is 2.29. The molecular weight excluding hydrogens is 196 g/mol. The van der Waals surface area contributed by atoms with Gasteiger partial charge >= 0.3 is 0 Å². The lowest BCUT2D eigenvalue weighted by molar-refractivity contribution is 0.186. The molecule has 16 heavy (non-hydrogen) atoms. The van der Waals surface area contributed by atoms with Crippen molar-refractivity contribution in [1.82, 2.24) is 4.90 Å². The molecule has 1 aromatic rings. The molecule has 0 saturated carbocycles. The third kappa shape index (κ3) is 4.33. The topological polar surface area (TPSA) is 29.3 Å². The molecule has 1 aromatic carbocycles. The summed E-state index contributed by atoms with van der Waals surface area (Å²) >= 11 is 0. The predicted octanol–water partition coefficient (Wildman–Crippen LogP) is 2.49.